The first-order chi connectivity index (χ1) is 13.0. The number of ether oxygens (including phenoxy) is 1. The van der Waals surface area contributed by atoms with E-state index in [0.29, 0.717) is 15.7 Å². The molecule has 150 valence electrons. The van der Waals surface area contributed by atoms with E-state index in [-0.39, 0.29) is 17.3 Å². The van der Waals surface area contributed by atoms with Crippen molar-refractivity contribution in [1.82, 2.24) is 9.29 Å². The molecule has 2 aromatic carbocycles. The number of piperazine rings is 1. The van der Waals surface area contributed by atoms with E-state index in [2.05, 4.69) is 26.1 Å². The largest absolute Gasteiger partial charge is 0.495 e. The Hall–Kier alpha value is -1.74. The summed E-state index contributed by atoms with van der Waals surface area (Å²) in [7, 11) is -2.33. The molecule has 0 radical (unpaired) electrons. The maximum absolute atomic E-state index is 13.4. The normalized spacial score (nSPS) is 14.7. The van der Waals surface area contributed by atoms with Gasteiger partial charge >= 0.3 is 0 Å². The number of methoxy groups -OCH3 is 1. The summed E-state index contributed by atoms with van der Waals surface area (Å²) in [4.78, 5) is 2.42. The van der Waals surface area contributed by atoms with Gasteiger partial charge in [0.25, 0.3) is 10.0 Å². The lowest BCUT2D eigenvalue weighted by atomic mass is 10.2. The van der Waals surface area contributed by atoms with Crippen molar-refractivity contribution in [2.45, 2.75) is 4.90 Å². The summed E-state index contributed by atoms with van der Waals surface area (Å²) in [6.45, 7) is 3.64. The Kier molecular flexibility index (Phi) is 6.24. The lowest BCUT2D eigenvalue weighted by Gasteiger charge is -2.30. The summed E-state index contributed by atoms with van der Waals surface area (Å²) in [5.74, 6) is 0.318. The van der Waals surface area contributed by atoms with Crippen molar-refractivity contribution in [3.05, 3.63) is 53.1 Å². The molecule has 0 amide bonds. The minimum Gasteiger partial charge on any atom is -0.495 e. The number of hydrogen-bond acceptors (Lipinski definition) is 5. The Morgan fingerprint density at radius 2 is 1.86 bits per heavy atom. The summed E-state index contributed by atoms with van der Waals surface area (Å²) in [6, 6.07) is 12.6. The van der Waals surface area contributed by atoms with Crippen molar-refractivity contribution in [3.63, 3.8) is 0 Å². The molecule has 0 unspecified atom stereocenters. The molecule has 1 aliphatic rings. The standard InChI is InChI=1S/C19H20BrN3O3S.ClH/c1-26-18-6-5-14(20)13-19(18)27(24,25)23-10-7-15-16(3-2-4-17(15)23)22-11-8-21-9-12-22;/h2-7,10,13,21H,8-9,11-12H2,1H3;1H. The lowest BCUT2D eigenvalue weighted by Crippen LogP contribution is -2.43. The minimum absolute atomic E-state index is 0. The third-order valence-corrected chi connectivity index (χ3v) is 7.00. The number of hydrogen-bond donors (Lipinski definition) is 1. The molecule has 0 bridgehead atoms. The van der Waals surface area contributed by atoms with Gasteiger partial charge in [-0.2, -0.15) is 0 Å². The van der Waals surface area contributed by atoms with E-state index < -0.39 is 10.0 Å². The smallest absolute Gasteiger partial charge is 0.271 e. The predicted octanol–water partition coefficient (Wildman–Crippen LogP) is 3.48. The average molecular weight is 487 g/mol. The molecule has 9 heteroatoms. The number of nitrogens with zero attached hydrogens (tertiary/aromatic N) is 2. The van der Waals surface area contributed by atoms with Crippen molar-refractivity contribution in [2.75, 3.05) is 38.2 Å². The van der Waals surface area contributed by atoms with Crippen LogP contribution in [0, 0.1) is 0 Å². The van der Waals surface area contributed by atoms with Crippen molar-refractivity contribution in [2.24, 2.45) is 0 Å². The van der Waals surface area contributed by atoms with Gasteiger partial charge in [-0.25, -0.2) is 12.4 Å². The molecule has 1 aromatic heterocycles. The molecule has 0 aliphatic carbocycles. The molecule has 3 aromatic rings. The van der Waals surface area contributed by atoms with Gasteiger partial charge in [0.1, 0.15) is 10.6 Å². The highest BCUT2D eigenvalue weighted by molar-refractivity contribution is 9.10. The van der Waals surface area contributed by atoms with Crippen LogP contribution < -0.4 is 15.0 Å². The highest BCUT2D eigenvalue weighted by Crippen LogP contribution is 2.33. The quantitative estimate of drug-likeness (QED) is 0.612. The Bertz CT molecular complexity index is 1090. The fraction of sp³-hybridized carbons (Fsp3) is 0.263. The molecule has 1 saturated heterocycles. The van der Waals surface area contributed by atoms with Gasteiger partial charge < -0.3 is 15.0 Å². The fourth-order valence-electron chi connectivity index (χ4n) is 3.48. The van der Waals surface area contributed by atoms with Gasteiger partial charge in [-0.3, -0.25) is 0 Å². The van der Waals surface area contributed by atoms with Crippen LogP contribution in [0.4, 0.5) is 5.69 Å². The molecule has 6 nitrogen and oxygen atoms in total. The first-order valence-corrected chi connectivity index (χ1v) is 10.9. The summed E-state index contributed by atoms with van der Waals surface area (Å²) in [5, 5.41) is 4.27. The molecule has 4 rings (SSSR count). The van der Waals surface area contributed by atoms with E-state index in [1.165, 1.54) is 11.1 Å². The second-order valence-electron chi connectivity index (χ2n) is 6.36. The molecular formula is C19H21BrClN3O3S. The van der Waals surface area contributed by atoms with Gasteiger partial charge in [0.15, 0.2) is 0 Å². The third-order valence-electron chi connectivity index (χ3n) is 4.79. The zero-order chi connectivity index (χ0) is 19.0. The van der Waals surface area contributed by atoms with Gasteiger partial charge in [-0.05, 0) is 36.4 Å². The Labute approximate surface area is 179 Å². The van der Waals surface area contributed by atoms with Gasteiger partial charge in [-0.15, -0.1) is 12.4 Å². The maximum Gasteiger partial charge on any atom is 0.271 e. The van der Waals surface area contributed by atoms with Crippen molar-refractivity contribution in [3.8, 4) is 5.75 Å². The number of fused-ring (bicyclic) bond motifs is 1. The number of halogens is 2. The number of benzene rings is 2. The molecule has 28 heavy (non-hydrogen) atoms. The van der Waals surface area contributed by atoms with Crippen LogP contribution in [0.5, 0.6) is 5.75 Å². The van der Waals surface area contributed by atoms with Crippen molar-refractivity contribution < 1.29 is 13.2 Å². The van der Waals surface area contributed by atoms with Crippen molar-refractivity contribution in [1.29, 1.82) is 0 Å². The van der Waals surface area contributed by atoms with Gasteiger partial charge in [0, 0.05) is 47.9 Å². The van der Waals surface area contributed by atoms with Gasteiger partial charge in [0.05, 0.1) is 12.6 Å². The Morgan fingerprint density at radius 1 is 1.11 bits per heavy atom. The molecule has 2 heterocycles. The van der Waals surface area contributed by atoms with Crippen molar-refractivity contribution >= 4 is 55.0 Å². The second kappa shape index (κ2) is 8.32. The van der Waals surface area contributed by atoms with Crippen LogP contribution in [-0.4, -0.2) is 45.7 Å². The van der Waals surface area contributed by atoms with Crippen LogP contribution in [0.3, 0.4) is 0 Å². The minimum atomic E-state index is -3.80. The molecule has 1 aliphatic heterocycles. The van der Waals surface area contributed by atoms with E-state index >= 15 is 0 Å². The topological polar surface area (TPSA) is 63.6 Å². The molecule has 1 N–H and O–H groups in total. The molecule has 0 spiro atoms. The third kappa shape index (κ3) is 3.61. The second-order valence-corrected chi connectivity index (χ2v) is 9.06. The van der Waals surface area contributed by atoms with E-state index in [0.717, 1.165) is 37.3 Å². The fourth-order valence-corrected chi connectivity index (χ4v) is 5.52. The average Bonchev–Trinajstić information content (AvgIpc) is 3.13. The summed E-state index contributed by atoms with van der Waals surface area (Å²) in [6.07, 6.45) is 1.62. The molecular weight excluding hydrogens is 466 g/mol. The summed E-state index contributed by atoms with van der Waals surface area (Å²) in [5.41, 5.74) is 1.72. The monoisotopic (exact) mass is 485 g/mol. The van der Waals surface area contributed by atoms with Gasteiger partial charge in [0.2, 0.25) is 0 Å². The Balaban J connectivity index is 0.00000225. The van der Waals surface area contributed by atoms with Crippen LogP contribution in [-0.2, 0) is 10.0 Å². The first kappa shape index (κ1) is 21.0. The van der Waals surface area contributed by atoms with Crippen LogP contribution in [0.1, 0.15) is 0 Å². The number of anilines is 1. The van der Waals surface area contributed by atoms with Crippen LogP contribution >= 0.6 is 28.3 Å². The zero-order valence-electron chi connectivity index (χ0n) is 15.3. The highest BCUT2D eigenvalue weighted by Gasteiger charge is 2.25. The zero-order valence-corrected chi connectivity index (χ0v) is 18.5. The molecule has 0 saturated carbocycles. The Morgan fingerprint density at radius 3 is 2.57 bits per heavy atom. The maximum atomic E-state index is 13.4. The van der Waals surface area contributed by atoms with E-state index in [9.17, 15) is 8.42 Å². The van der Waals surface area contributed by atoms with Crippen LogP contribution in [0.15, 0.2) is 58.0 Å². The van der Waals surface area contributed by atoms with Crippen LogP contribution in [0.25, 0.3) is 10.9 Å². The predicted molar refractivity (Wildman–Crippen MR) is 118 cm³/mol. The molecule has 0 atom stereocenters. The lowest BCUT2D eigenvalue weighted by molar-refractivity contribution is 0.402. The van der Waals surface area contributed by atoms with Gasteiger partial charge in [-0.1, -0.05) is 22.0 Å². The number of aromatic nitrogens is 1. The highest BCUT2D eigenvalue weighted by atomic mass is 79.9. The summed E-state index contributed by atoms with van der Waals surface area (Å²) < 4.78 is 34.0. The first-order valence-electron chi connectivity index (χ1n) is 8.67. The molecule has 1 fully saturated rings. The number of nitrogens with one attached hydrogen (secondary N) is 1. The van der Waals surface area contributed by atoms with E-state index in [1.54, 1.807) is 24.4 Å². The number of rotatable bonds is 4. The van der Waals surface area contributed by atoms with E-state index in [1.807, 2.05) is 24.3 Å². The summed E-state index contributed by atoms with van der Waals surface area (Å²) >= 11 is 3.35. The van der Waals surface area contributed by atoms with E-state index in [4.69, 9.17) is 4.74 Å². The van der Waals surface area contributed by atoms with Crippen LogP contribution in [0.2, 0.25) is 0 Å². The SMILES string of the molecule is COc1ccc(Br)cc1S(=O)(=O)n1ccc2c(N3CCNCC3)cccc21.Cl.